The number of benzene rings is 1. The first kappa shape index (κ1) is 20.5. The number of carbonyl (C=O) groups excluding carboxylic acids is 2. The lowest BCUT2D eigenvalue weighted by molar-refractivity contribution is -0.151. The first-order valence-electron chi connectivity index (χ1n) is 11.1. The highest BCUT2D eigenvalue weighted by molar-refractivity contribution is 9.10. The Bertz CT molecular complexity index is 813. The first-order valence-corrected chi connectivity index (χ1v) is 11.9. The summed E-state index contributed by atoms with van der Waals surface area (Å²) < 4.78 is 6.91. The molecule has 162 valence electrons. The van der Waals surface area contributed by atoms with Gasteiger partial charge in [0.2, 0.25) is 5.91 Å². The van der Waals surface area contributed by atoms with Crippen molar-refractivity contribution in [2.24, 2.45) is 28.9 Å². The molecule has 3 N–H and O–H groups in total. The molecule has 30 heavy (non-hydrogen) atoms. The predicted octanol–water partition coefficient (Wildman–Crippen LogP) is 2.45. The Kier molecular flexibility index (Phi) is 5.40. The molecule has 3 atom stereocenters. The van der Waals surface area contributed by atoms with E-state index in [4.69, 9.17) is 10.5 Å². The Labute approximate surface area is 186 Å². The number of nitrogens with two attached hydrogens (primary N) is 1. The summed E-state index contributed by atoms with van der Waals surface area (Å²) in [7, 11) is 0. The number of amides is 2. The van der Waals surface area contributed by atoms with Crippen LogP contribution in [0.15, 0.2) is 28.7 Å². The molecular weight excluding hydrogens is 446 g/mol. The molecule has 5 aliphatic rings. The van der Waals surface area contributed by atoms with Crippen molar-refractivity contribution in [3.05, 3.63) is 34.3 Å². The van der Waals surface area contributed by atoms with E-state index in [2.05, 4.69) is 38.3 Å². The zero-order valence-electron chi connectivity index (χ0n) is 17.2. The van der Waals surface area contributed by atoms with Gasteiger partial charge in [-0.2, -0.15) is 0 Å². The van der Waals surface area contributed by atoms with Crippen LogP contribution in [0, 0.1) is 23.2 Å². The number of nitrogens with zero attached hydrogens (tertiary/aromatic N) is 1. The summed E-state index contributed by atoms with van der Waals surface area (Å²) in [6.07, 6.45) is 4.40. The van der Waals surface area contributed by atoms with Gasteiger partial charge >= 0.3 is 0 Å². The summed E-state index contributed by atoms with van der Waals surface area (Å²) >= 11 is 3.47. The third-order valence-electron chi connectivity index (χ3n) is 7.87. The number of carbonyl (C=O) groups is 2. The van der Waals surface area contributed by atoms with Gasteiger partial charge in [-0.3, -0.25) is 14.5 Å². The molecule has 4 aliphatic carbocycles. The van der Waals surface area contributed by atoms with Crippen molar-refractivity contribution in [3.8, 4) is 0 Å². The van der Waals surface area contributed by atoms with E-state index in [1.165, 1.54) is 5.56 Å². The number of rotatable bonds is 5. The van der Waals surface area contributed by atoms with Gasteiger partial charge in [-0.1, -0.05) is 28.1 Å². The molecule has 4 bridgehead atoms. The average Bonchev–Trinajstić information content (AvgIpc) is 2.72. The lowest BCUT2D eigenvalue weighted by Crippen LogP contribution is -2.63. The van der Waals surface area contributed by atoms with Gasteiger partial charge in [0.25, 0.3) is 5.91 Å². The highest BCUT2D eigenvalue weighted by atomic mass is 79.9. The van der Waals surface area contributed by atoms with Gasteiger partial charge in [-0.25, -0.2) is 0 Å². The SMILES string of the molecule is NC(=O)C12CC3CC(C1)C(NC(=O)[C@H]1CN(Cc4ccc(Br)cc4)CCO1)C(C3)C2. The minimum absolute atomic E-state index is 0.00102. The Hall–Kier alpha value is -1.44. The second-order valence-electron chi connectivity index (χ2n) is 9.87. The van der Waals surface area contributed by atoms with Crippen molar-refractivity contribution in [2.45, 2.75) is 50.8 Å². The predicted molar refractivity (Wildman–Crippen MR) is 116 cm³/mol. The maximum absolute atomic E-state index is 13.1. The van der Waals surface area contributed by atoms with Crippen LogP contribution < -0.4 is 11.1 Å². The number of nitrogens with one attached hydrogen (secondary N) is 1. The maximum Gasteiger partial charge on any atom is 0.250 e. The van der Waals surface area contributed by atoms with E-state index in [9.17, 15) is 9.59 Å². The third-order valence-corrected chi connectivity index (χ3v) is 8.40. The molecule has 6 nitrogen and oxygen atoms in total. The molecule has 1 saturated heterocycles. The lowest BCUT2D eigenvalue weighted by atomic mass is 9.47. The van der Waals surface area contributed by atoms with Gasteiger partial charge in [0, 0.05) is 35.6 Å². The minimum atomic E-state index is -0.434. The van der Waals surface area contributed by atoms with Crippen molar-refractivity contribution in [1.29, 1.82) is 0 Å². The number of hydrogen-bond donors (Lipinski definition) is 2. The van der Waals surface area contributed by atoms with Gasteiger partial charge in [0.15, 0.2) is 0 Å². The zero-order valence-corrected chi connectivity index (χ0v) is 18.8. The molecule has 1 aromatic carbocycles. The van der Waals surface area contributed by atoms with Crippen LogP contribution in [0.2, 0.25) is 0 Å². The van der Waals surface area contributed by atoms with Gasteiger partial charge in [0.05, 0.1) is 6.61 Å². The fourth-order valence-electron chi connectivity index (χ4n) is 6.67. The van der Waals surface area contributed by atoms with Crippen LogP contribution in [0.25, 0.3) is 0 Å². The lowest BCUT2D eigenvalue weighted by Gasteiger charge is -2.59. The van der Waals surface area contributed by atoms with E-state index in [-0.39, 0.29) is 23.3 Å². The number of morpholine rings is 1. The molecule has 5 fully saturated rings. The number of halogens is 1. The topological polar surface area (TPSA) is 84.7 Å². The molecule has 2 unspecified atom stereocenters. The second-order valence-corrected chi connectivity index (χ2v) is 10.8. The first-order chi connectivity index (χ1) is 14.4. The Morgan fingerprint density at radius 3 is 2.53 bits per heavy atom. The molecule has 0 aromatic heterocycles. The van der Waals surface area contributed by atoms with E-state index in [0.717, 1.165) is 49.7 Å². The summed E-state index contributed by atoms with van der Waals surface area (Å²) in [6.45, 7) is 2.83. The Morgan fingerprint density at radius 2 is 1.87 bits per heavy atom. The number of primary amides is 1. The third kappa shape index (κ3) is 3.80. The quantitative estimate of drug-likeness (QED) is 0.684. The number of ether oxygens (including phenoxy) is 1. The molecular formula is C23H30BrN3O3. The standard InChI is InChI=1S/C23H30BrN3O3/c24-18-3-1-14(2-4-18)12-27-5-6-30-19(13-27)21(28)26-20-16-7-15-8-17(20)11-23(9-15,10-16)22(25)29/h1-4,15-17,19-20H,5-13H2,(H2,25,29)(H,26,28)/t15?,16?,17?,19-,20?,23?/m1/s1. The summed E-state index contributed by atoms with van der Waals surface area (Å²) in [5, 5.41) is 3.33. The van der Waals surface area contributed by atoms with E-state index >= 15 is 0 Å². The second kappa shape index (κ2) is 7.92. The molecule has 2 amide bonds. The van der Waals surface area contributed by atoms with Crippen LogP contribution in [0.1, 0.15) is 37.7 Å². The molecule has 0 radical (unpaired) electrons. The van der Waals surface area contributed by atoms with Crippen LogP contribution in [0.4, 0.5) is 0 Å². The highest BCUT2D eigenvalue weighted by Gasteiger charge is 2.58. The van der Waals surface area contributed by atoms with E-state index in [1.807, 2.05) is 12.1 Å². The molecule has 7 heteroatoms. The highest BCUT2D eigenvalue weighted by Crippen LogP contribution is 2.59. The minimum Gasteiger partial charge on any atom is -0.369 e. The maximum atomic E-state index is 13.1. The largest absolute Gasteiger partial charge is 0.369 e. The Balaban J connectivity index is 1.20. The molecule has 4 saturated carbocycles. The van der Waals surface area contributed by atoms with Crippen molar-refractivity contribution in [1.82, 2.24) is 10.2 Å². The monoisotopic (exact) mass is 475 g/mol. The van der Waals surface area contributed by atoms with E-state index in [0.29, 0.717) is 30.9 Å². The molecule has 0 spiro atoms. The fraction of sp³-hybridized carbons (Fsp3) is 0.652. The van der Waals surface area contributed by atoms with Crippen LogP contribution in [-0.2, 0) is 20.9 Å². The van der Waals surface area contributed by atoms with Crippen molar-refractivity contribution < 1.29 is 14.3 Å². The Morgan fingerprint density at radius 1 is 1.17 bits per heavy atom. The fourth-order valence-corrected chi connectivity index (χ4v) is 6.94. The van der Waals surface area contributed by atoms with Gasteiger partial charge in [-0.15, -0.1) is 0 Å². The summed E-state index contributed by atoms with van der Waals surface area (Å²) in [5.41, 5.74) is 6.70. The van der Waals surface area contributed by atoms with Gasteiger partial charge < -0.3 is 15.8 Å². The molecule has 1 aromatic rings. The van der Waals surface area contributed by atoms with E-state index < -0.39 is 6.10 Å². The molecule has 6 rings (SSSR count). The molecule has 1 heterocycles. The van der Waals surface area contributed by atoms with E-state index in [1.54, 1.807) is 0 Å². The van der Waals surface area contributed by atoms with Gasteiger partial charge in [-0.05, 0) is 67.6 Å². The van der Waals surface area contributed by atoms with Crippen molar-refractivity contribution in [3.63, 3.8) is 0 Å². The van der Waals surface area contributed by atoms with Crippen molar-refractivity contribution >= 4 is 27.7 Å². The van der Waals surface area contributed by atoms with Crippen LogP contribution in [0.5, 0.6) is 0 Å². The van der Waals surface area contributed by atoms with Crippen LogP contribution in [-0.4, -0.2) is 48.6 Å². The van der Waals surface area contributed by atoms with Crippen LogP contribution >= 0.6 is 15.9 Å². The zero-order chi connectivity index (χ0) is 20.9. The van der Waals surface area contributed by atoms with Crippen LogP contribution in [0.3, 0.4) is 0 Å². The van der Waals surface area contributed by atoms with Crippen molar-refractivity contribution in [2.75, 3.05) is 19.7 Å². The summed E-state index contributed by atoms with van der Waals surface area (Å²) in [6, 6.07) is 8.47. The summed E-state index contributed by atoms with van der Waals surface area (Å²) in [4.78, 5) is 27.5. The summed E-state index contributed by atoms with van der Waals surface area (Å²) in [5.74, 6) is 1.20. The van der Waals surface area contributed by atoms with Gasteiger partial charge in [0.1, 0.15) is 6.10 Å². The normalized spacial score (nSPS) is 37.8. The number of hydrogen-bond acceptors (Lipinski definition) is 4. The average molecular weight is 476 g/mol. The smallest absolute Gasteiger partial charge is 0.250 e. The molecule has 1 aliphatic heterocycles.